The third-order valence-corrected chi connectivity index (χ3v) is 4.11. The lowest BCUT2D eigenvalue weighted by molar-refractivity contribution is 0.0259. The maximum Gasteiger partial charge on any atom is 0.165 e. The second-order valence-corrected chi connectivity index (χ2v) is 5.97. The highest BCUT2D eigenvalue weighted by Gasteiger charge is 2.47. The van der Waals surface area contributed by atoms with Crippen LogP contribution in [0, 0.1) is 5.92 Å². The van der Waals surface area contributed by atoms with Gasteiger partial charge in [0.05, 0.1) is 18.2 Å². The summed E-state index contributed by atoms with van der Waals surface area (Å²) in [5.41, 5.74) is -0.448. The van der Waals surface area contributed by atoms with E-state index in [1.54, 1.807) is 0 Å². The summed E-state index contributed by atoms with van der Waals surface area (Å²) in [4.78, 5) is 2.27. The fourth-order valence-corrected chi connectivity index (χ4v) is 2.90. The predicted molar refractivity (Wildman–Crippen MR) is 65.8 cm³/mol. The van der Waals surface area contributed by atoms with Crippen molar-refractivity contribution in [1.29, 1.82) is 0 Å². The van der Waals surface area contributed by atoms with Gasteiger partial charge in [0.15, 0.2) is 5.82 Å². The van der Waals surface area contributed by atoms with Crippen molar-refractivity contribution in [2.45, 2.75) is 51.3 Å². The molecule has 1 aromatic rings. The van der Waals surface area contributed by atoms with Crippen LogP contribution >= 0.6 is 0 Å². The Bertz CT molecular complexity index is 428. The van der Waals surface area contributed by atoms with Gasteiger partial charge in [0.1, 0.15) is 0 Å². The van der Waals surface area contributed by atoms with E-state index in [9.17, 15) is 5.11 Å². The van der Waals surface area contributed by atoms with Gasteiger partial charge in [0.2, 0.25) is 0 Å². The van der Waals surface area contributed by atoms with Crippen LogP contribution in [0.2, 0.25) is 0 Å². The van der Waals surface area contributed by atoms with E-state index in [0.717, 1.165) is 31.9 Å². The molecule has 6 nitrogen and oxygen atoms in total. The number of hydrogen-bond acceptors (Lipinski definition) is 5. The van der Waals surface area contributed by atoms with Crippen molar-refractivity contribution in [2.24, 2.45) is 5.92 Å². The summed E-state index contributed by atoms with van der Waals surface area (Å²) in [6, 6.07) is 0.278. The van der Waals surface area contributed by atoms with E-state index in [4.69, 9.17) is 0 Å². The number of rotatable bonds is 4. The van der Waals surface area contributed by atoms with Gasteiger partial charge in [-0.2, -0.15) is 0 Å². The van der Waals surface area contributed by atoms with E-state index in [1.807, 2.05) is 4.68 Å². The second kappa shape index (κ2) is 4.28. The minimum atomic E-state index is -0.448. The monoisotopic (exact) mass is 251 g/mol. The standard InChI is InChI=1S/C12H21N5O/c1-9(2)17-11(13-14-15-17)7-16-6-5-12(18,8-16)10-3-4-10/h9-10,18H,3-8H2,1-2H3. The molecule has 18 heavy (non-hydrogen) atoms. The summed E-state index contributed by atoms with van der Waals surface area (Å²) < 4.78 is 1.86. The molecule has 2 fully saturated rings. The summed E-state index contributed by atoms with van der Waals surface area (Å²) >= 11 is 0. The van der Waals surface area contributed by atoms with Crippen molar-refractivity contribution in [3.8, 4) is 0 Å². The Kier molecular flexibility index (Phi) is 2.86. The number of hydrogen-bond donors (Lipinski definition) is 1. The highest BCUT2D eigenvalue weighted by molar-refractivity contribution is 5.01. The van der Waals surface area contributed by atoms with Crippen LogP contribution in [-0.4, -0.2) is 48.9 Å². The average Bonchev–Trinajstić information content (AvgIpc) is 2.98. The molecule has 0 bridgehead atoms. The highest BCUT2D eigenvalue weighted by Crippen LogP contribution is 2.44. The molecular weight excluding hydrogens is 230 g/mol. The van der Waals surface area contributed by atoms with E-state index < -0.39 is 5.60 Å². The largest absolute Gasteiger partial charge is 0.388 e. The lowest BCUT2D eigenvalue weighted by atomic mass is 9.97. The molecule has 0 spiro atoms. The lowest BCUT2D eigenvalue weighted by Gasteiger charge is -2.23. The fourth-order valence-electron chi connectivity index (χ4n) is 2.90. The first-order chi connectivity index (χ1) is 8.58. The molecule has 3 rings (SSSR count). The third-order valence-electron chi connectivity index (χ3n) is 4.11. The van der Waals surface area contributed by atoms with E-state index in [-0.39, 0.29) is 6.04 Å². The van der Waals surface area contributed by atoms with Gasteiger partial charge < -0.3 is 5.11 Å². The van der Waals surface area contributed by atoms with Crippen LogP contribution in [0.15, 0.2) is 0 Å². The van der Waals surface area contributed by atoms with Crippen molar-refractivity contribution in [3.05, 3.63) is 5.82 Å². The molecule has 1 aliphatic carbocycles. The number of tetrazole rings is 1. The molecule has 1 atom stereocenters. The normalized spacial score (nSPS) is 29.3. The van der Waals surface area contributed by atoms with Crippen LogP contribution in [0.3, 0.4) is 0 Å². The highest BCUT2D eigenvalue weighted by atomic mass is 16.3. The van der Waals surface area contributed by atoms with Gasteiger partial charge in [-0.15, -0.1) is 5.10 Å². The van der Waals surface area contributed by atoms with Gasteiger partial charge in [0.25, 0.3) is 0 Å². The number of β-amino-alcohol motifs (C(OH)–C–C–N with tert-alkyl or cyclic N) is 1. The molecule has 0 radical (unpaired) electrons. The molecule has 1 unspecified atom stereocenters. The Morgan fingerprint density at radius 1 is 1.44 bits per heavy atom. The third kappa shape index (κ3) is 2.14. The number of likely N-dealkylation sites (tertiary alicyclic amines) is 1. The molecule has 1 aliphatic heterocycles. The number of aromatic nitrogens is 4. The Morgan fingerprint density at radius 3 is 2.89 bits per heavy atom. The van der Waals surface area contributed by atoms with Gasteiger partial charge in [-0.1, -0.05) is 0 Å². The Labute approximate surface area is 107 Å². The minimum absolute atomic E-state index is 0.278. The summed E-state index contributed by atoms with van der Waals surface area (Å²) in [6.07, 6.45) is 3.27. The van der Waals surface area contributed by atoms with E-state index in [1.165, 1.54) is 12.8 Å². The second-order valence-electron chi connectivity index (χ2n) is 5.97. The van der Waals surface area contributed by atoms with Gasteiger partial charge >= 0.3 is 0 Å². The van der Waals surface area contributed by atoms with Crippen LogP contribution in [0.5, 0.6) is 0 Å². The quantitative estimate of drug-likeness (QED) is 0.849. The van der Waals surface area contributed by atoms with Gasteiger partial charge in [-0.05, 0) is 49.5 Å². The summed E-state index contributed by atoms with van der Waals surface area (Å²) in [6.45, 7) is 6.59. The maximum absolute atomic E-state index is 10.5. The number of aliphatic hydroxyl groups is 1. The van der Waals surface area contributed by atoms with Crippen molar-refractivity contribution in [2.75, 3.05) is 13.1 Å². The molecule has 1 saturated carbocycles. The lowest BCUT2D eigenvalue weighted by Crippen LogP contribution is -2.35. The van der Waals surface area contributed by atoms with Gasteiger partial charge in [0, 0.05) is 13.1 Å². The van der Waals surface area contributed by atoms with Crippen LogP contribution in [-0.2, 0) is 6.54 Å². The first-order valence-electron chi connectivity index (χ1n) is 6.80. The molecule has 6 heteroatoms. The van der Waals surface area contributed by atoms with E-state index >= 15 is 0 Å². The molecule has 1 saturated heterocycles. The fraction of sp³-hybridized carbons (Fsp3) is 0.917. The van der Waals surface area contributed by atoms with Crippen molar-refractivity contribution in [3.63, 3.8) is 0 Å². The zero-order chi connectivity index (χ0) is 12.8. The molecule has 0 amide bonds. The van der Waals surface area contributed by atoms with Crippen LogP contribution in [0.25, 0.3) is 0 Å². The molecule has 100 valence electrons. The van der Waals surface area contributed by atoms with Crippen molar-refractivity contribution < 1.29 is 5.11 Å². The van der Waals surface area contributed by atoms with E-state index in [0.29, 0.717) is 5.92 Å². The first kappa shape index (κ1) is 12.0. The molecule has 2 heterocycles. The van der Waals surface area contributed by atoms with Crippen molar-refractivity contribution >= 4 is 0 Å². The molecular formula is C12H21N5O. The summed E-state index contributed by atoms with van der Waals surface area (Å²) in [5, 5.41) is 22.3. The average molecular weight is 251 g/mol. The zero-order valence-corrected chi connectivity index (χ0v) is 11.1. The summed E-state index contributed by atoms with van der Waals surface area (Å²) in [7, 11) is 0. The van der Waals surface area contributed by atoms with E-state index in [2.05, 4.69) is 34.3 Å². The zero-order valence-electron chi connectivity index (χ0n) is 11.1. The van der Waals surface area contributed by atoms with Gasteiger partial charge in [-0.25, -0.2) is 4.68 Å². The molecule has 1 N–H and O–H groups in total. The Morgan fingerprint density at radius 2 is 2.22 bits per heavy atom. The SMILES string of the molecule is CC(C)n1nnnc1CN1CCC(O)(C2CC2)C1. The van der Waals surface area contributed by atoms with Crippen LogP contribution in [0.1, 0.15) is 45.0 Å². The molecule has 0 aromatic carbocycles. The summed E-state index contributed by atoms with van der Waals surface area (Å²) in [5.74, 6) is 1.42. The topological polar surface area (TPSA) is 67.1 Å². The maximum atomic E-state index is 10.5. The van der Waals surface area contributed by atoms with Crippen LogP contribution < -0.4 is 0 Å². The first-order valence-corrected chi connectivity index (χ1v) is 6.80. The Balaban J connectivity index is 1.65. The minimum Gasteiger partial charge on any atom is -0.388 e. The molecule has 2 aliphatic rings. The smallest absolute Gasteiger partial charge is 0.165 e. The van der Waals surface area contributed by atoms with Crippen molar-refractivity contribution in [1.82, 2.24) is 25.1 Å². The molecule has 1 aromatic heterocycles. The number of nitrogens with zero attached hydrogens (tertiary/aromatic N) is 5. The Hall–Kier alpha value is -1.01. The predicted octanol–water partition coefficient (Wildman–Crippen LogP) is 0.601. The van der Waals surface area contributed by atoms with Crippen LogP contribution in [0.4, 0.5) is 0 Å². The van der Waals surface area contributed by atoms with Gasteiger partial charge in [-0.3, -0.25) is 4.90 Å².